The first kappa shape index (κ1) is 12.9. The van der Waals surface area contributed by atoms with Gasteiger partial charge in [-0.2, -0.15) is 0 Å². The topological polar surface area (TPSA) is 81.1 Å². The van der Waals surface area contributed by atoms with E-state index in [0.29, 0.717) is 6.42 Å². The van der Waals surface area contributed by atoms with Gasteiger partial charge in [0.2, 0.25) is 0 Å². The molecular formula is C15H17N3O2. The van der Waals surface area contributed by atoms with E-state index in [4.69, 9.17) is 5.73 Å². The van der Waals surface area contributed by atoms with E-state index in [1.807, 2.05) is 35.8 Å². The molecule has 0 fully saturated rings. The van der Waals surface area contributed by atoms with Crippen molar-refractivity contribution < 1.29 is 9.90 Å². The zero-order valence-electron chi connectivity index (χ0n) is 11.3. The van der Waals surface area contributed by atoms with Crippen LogP contribution in [0.25, 0.3) is 11.4 Å². The molecule has 3 N–H and O–H groups in total. The number of aryl methyl sites for hydroxylation is 1. The van der Waals surface area contributed by atoms with Crippen LogP contribution in [-0.4, -0.2) is 26.7 Å². The molecule has 0 spiro atoms. The Morgan fingerprint density at radius 3 is 3.00 bits per heavy atom. The van der Waals surface area contributed by atoms with Crippen LogP contribution >= 0.6 is 0 Å². The van der Waals surface area contributed by atoms with Gasteiger partial charge in [0.1, 0.15) is 5.82 Å². The maximum Gasteiger partial charge on any atom is 0.356 e. The van der Waals surface area contributed by atoms with Crippen LogP contribution < -0.4 is 5.73 Å². The van der Waals surface area contributed by atoms with E-state index in [9.17, 15) is 9.90 Å². The highest BCUT2D eigenvalue weighted by molar-refractivity contribution is 5.88. The fourth-order valence-electron chi connectivity index (χ4n) is 2.76. The highest BCUT2D eigenvalue weighted by Gasteiger charge is 2.27. The maximum absolute atomic E-state index is 11.4. The SMILES string of the molecule is Cc1cccc(-c2nc(C(=O)O)c3n2CCC(N)C3)c1. The number of hydrogen-bond donors (Lipinski definition) is 2. The van der Waals surface area contributed by atoms with E-state index in [0.717, 1.165) is 35.6 Å². The molecule has 0 bridgehead atoms. The number of nitrogens with two attached hydrogens (primary N) is 1. The number of nitrogens with zero attached hydrogens (tertiary/aromatic N) is 2. The number of hydrogen-bond acceptors (Lipinski definition) is 3. The molecule has 5 nitrogen and oxygen atoms in total. The number of carboxylic acid groups (broad SMARTS) is 1. The van der Waals surface area contributed by atoms with Crippen LogP contribution in [-0.2, 0) is 13.0 Å². The van der Waals surface area contributed by atoms with Gasteiger partial charge < -0.3 is 15.4 Å². The summed E-state index contributed by atoms with van der Waals surface area (Å²) in [5.74, 6) is -0.255. The first-order valence-corrected chi connectivity index (χ1v) is 6.71. The quantitative estimate of drug-likeness (QED) is 0.873. The lowest BCUT2D eigenvalue weighted by atomic mass is 10.0. The molecule has 1 aliphatic heterocycles. The van der Waals surface area contributed by atoms with Gasteiger partial charge in [0, 0.05) is 24.6 Å². The predicted molar refractivity (Wildman–Crippen MR) is 75.7 cm³/mol. The van der Waals surface area contributed by atoms with Crippen molar-refractivity contribution in [3.05, 3.63) is 41.2 Å². The Balaban J connectivity index is 2.17. The van der Waals surface area contributed by atoms with Crippen LogP contribution in [0, 0.1) is 6.92 Å². The number of fused-ring (bicyclic) bond motifs is 1. The van der Waals surface area contributed by atoms with Crippen LogP contribution in [0.4, 0.5) is 0 Å². The van der Waals surface area contributed by atoms with Gasteiger partial charge in [-0.1, -0.05) is 23.8 Å². The average molecular weight is 271 g/mol. The summed E-state index contributed by atoms with van der Waals surface area (Å²) in [6.07, 6.45) is 1.42. The third-order valence-corrected chi connectivity index (χ3v) is 3.73. The first-order valence-electron chi connectivity index (χ1n) is 6.71. The fourth-order valence-corrected chi connectivity index (χ4v) is 2.76. The number of carbonyl (C=O) groups is 1. The van der Waals surface area contributed by atoms with Crippen molar-refractivity contribution in [2.24, 2.45) is 5.73 Å². The molecule has 1 aromatic heterocycles. The van der Waals surface area contributed by atoms with E-state index in [-0.39, 0.29) is 11.7 Å². The first-order chi connectivity index (χ1) is 9.56. The normalized spacial score (nSPS) is 17.8. The molecule has 0 amide bonds. The molecular weight excluding hydrogens is 254 g/mol. The fraction of sp³-hybridized carbons (Fsp3) is 0.333. The van der Waals surface area contributed by atoms with Gasteiger partial charge in [-0.05, 0) is 19.4 Å². The van der Waals surface area contributed by atoms with E-state index in [1.54, 1.807) is 0 Å². The molecule has 0 aliphatic carbocycles. The second kappa shape index (κ2) is 4.76. The Morgan fingerprint density at radius 2 is 2.30 bits per heavy atom. The van der Waals surface area contributed by atoms with Gasteiger partial charge in [-0.3, -0.25) is 0 Å². The lowest BCUT2D eigenvalue weighted by Gasteiger charge is -2.22. The Hall–Kier alpha value is -2.14. The Morgan fingerprint density at radius 1 is 1.50 bits per heavy atom. The van der Waals surface area contributed by atoms with Gasteiger partial charge in [0.15, 0.2) is 5.69 Å². The molecule has 1 atom stereocenters. The summed E-state index contributed by atoms with van der Waals surface area (Å²) < 4.78 is 2.00. The molecule has 1 aliphatic rings. The monoisotopic (exact) mass is 271 g/mol. The van der Waals surface area contributed by atoms with Crippen LogP contribution in [0.3, 0.4) is 0 Å². The van der Waals surface area contributed by atoms with Crippen molar-refractivity contribution in [1.82, 2.24) is 9.55 Å². The minimum absolute atomic E-state index is 0.0164. The molecule has 0 radical (unpaired) electrons. The largest absolute Gasteiger partial charge is 0.476 e. The third kappa shape index (κ3) is 2.10. The van der Waals surface area contributed by atoms with E-state index >= 15 is 0 Å². The number of rotatable bonds is 2. The van der Waals surface area contributed by atoms with Crippen molar-refractivity contribution >= 4 is 5.97 Å². The Labute approximate surface area is 117 Å². The molecule has 3 rings (SSSR count). The third-order valence-electron chi connectivity index (χ3n) is 3.73. The Kier molecular flexibility index (Phi) is 3.06. The number of carboxylic acids is 1. The lowest BCUT2D eigenvalue weighted by Crippen LogP contribution is -2.31. The summed E-state index contributed by atoms with van der Waals surface area (Å²) in [5.41, 5.74) is 8.92. The molecule has 104 valence electrons. The molecule has 0 saturated heterocycles. The van der Waals surface area contributed by atoms with Crippen molar-refractivity contribution in [2.45, 2.75) is 32.4 Å². The second-order valence-corrected chi connectivity index (χ2v) is 5.31. The van der Waals surface area contributed by atoms with Crippen LogP contribution in [0.15, 0.2) is 24.3 Å². The average Bonchev–Trinajstić information content (AvgIpc) is 2.77. The summed E-state index contributed by atoms with van der Waals surface area (Å²) in [4.78, 5) is 15.7. The van der Waals surface area contributed by atoms with E-state index in [2.05, 4.69) is 4.98 Å². The standard InChI is InChI=1S/C15H17N3O2/c1-9-3-2-4-10(7-9)14-17-13(15(19)20)12-8-11(16)5-6-18(12)14/h2-4,7,11H,5-6,8,16H2,1H3,(H,19,20). The molecule has 0 saturated carbocycles. The predicted octanol–water partition coefficient (Wildman–Crippen LogP) is 1.83. The Bertz CT molecular complexity index is 676. The van der Waals surface area contributed by atoms with Crippen molar-refractivity contribution in [3.8, 4) is 11.4 Å². The number of aromatic carboxylic acids is 1. The second-order valence-electron chi connectivity index (χ2n) is 5.31. The summed E-state index contributed by atoms with van der Waals surface area (Å²) in [7, 11) is 0. The van der Waals surface area contributed by atoms with Crippen molar-refractivity contribution in [2.75, 3.05) is 0 Å². The van der Waals surface area contributed by atoms with Gasteiger partial charge in [-0.25, -0.2) is 9.78 Å². The zero-order valence-corrected chi connectivity index (χ0v) is 11.3. The number of aromatic nitrogens is 2. The van der Waals surface area contributed by atoms with E-state index < -0.39 is 5.97 Å². The number of imidazole rings is 1. The molecule has 5 heteroatoms. The van der Waals surface area contributed by atoms with Crippen LogP contribution in [0.1, 0.15) is 28.2 Å². The van der Waals surface area contributed by atoms with Crippen LogP contribution in [0.5, 0.6) is 0 Å². The molecule has 1 unspecified atom stereocenters. The smallest absolute Gasteiger partial charge is 0.356 e. The summed E-state index contributed by atoms with van der Waals surface area (Å²) in [6, 6.07) is 7.97. The van der Waals surface area contributed by atoms with Gasteiger partial charge in [0.25, 0.3) is 0 Å². The molecule has 2 heterocycles. The molecule has 1 aromatic carbocycles. The summed E-state index contributed by atoms with van der Waals surface area (Å²) in [5, 5.41) is 9.33. The van der Waals surface area contributed by atoms with Crippen molar-refractivity contribution in [3.63, 3.8) is 0 Å². The van der Waals surface area contributed by atoms with Crippen molar-refractivity contribution in [1.29, 1.82) is 0 Å². The molecule has 20 heavy (non-hydrogen) atoms. The van der Waals surface area contributed by atoms with Gasteiger partial charge in [0.05, 0.1) is 5.69 Å². The minimum atomic E-state index is -0.984. The van der Waals surface area contributed by atoms with Crippen LogP contribution in [0.2, 0.25) is 0 Å². The highest BCUT2D eigenvalue weighted by atomic mass is 16.4. The van der Waals surface area contributed by atoms with E-state index in [1.165, 1.54) is 0 Å². The summed E-state index contributed by atoms with van der Waals surface area (Å²) in [6.45, 7) is 2.73. The molecule has 2 aromatic rings. The summed E-state index contributed by atoms with van der Waals surface area (Å²) >= 11 is 0. The lowest BCUT2D eigenvalue weighted by molar-refractivity contribution is 0.0689. The minimum Gasteiger partial charge on any atom is -0.476 e. The number of benzene rings is 1. The maximum atomic E-state index is 11.4. The highest BCUT2D eigenvalue weighted by Crippen LogP contribution is 2.27. The zero-order chi connectivity index (χ0) is 14.3. The van der Waals surface area contributed by atoms with Gasteiger partial charge in [-0.15, -0.1) is 0 Å². The van der Waals surface area contributed by atoms with Gasteiger partial charge >= 0.3 is 5.97 Å².